The van der Waals surface area contributed by atoms with Gasteiger partial charge in [0.15, 0.2) is 0 Å². The van der Waals surface area contributed by atoms with E-state index in [9.17, 15) is 0 Å². The average molecular weight is 384 g/mol. The average Bonchev–Trinajstić information content (AvgIpc) is 2.32. The lowest BCUT2D eigenvalue weighted by Gasteiger charge is -2.14. The van der Waals surface area contributed by atoms with Crippen LogP contribution in [-0.4, -0.2) is 0 Å². The van der Waals surface area contributed by atoms with E-state index in [1.54, 1.807) is 0 Å². The highest BCUT2D eigenvalue weighted by molar-refractivity contribution is 9.10. The minimum absolute atomic E-state index is 0.908. The molecule has 0 spiro atoms. The van der Waals surface area contributed by atoms with Crippen molar-refractivity contribution in [1.82, 2.24) is 0 Å². The lowest BCUT2D eigenvalue weighted by molar-refractivity contribution is 0.474. The molecule has 0 heterocycles. The van der Waals surface area contributed by atoms with Gasteiger partial charge in [-0.15, -0.1) is 0 Å². The summed E-state index contributed by atoms with van der Waals surface area (Å²) in [7, 11) is 0. The molecule has 0 amide bonds. The zero-order valence-corrected chi connectivity index (χ0v) is 14.6. The van der Waals surface area contributed by atoms with Gasteiger partial charge in [-0.25, -0.2) is 0 Å². The van der Waals surface area contributed by atoms with Gasteiger partial charge in [0.05, 0.1) is 0 Å². The van der Waals surface area contributed by atoms with Crippen LogP contribution in [0.3, 0.4) is 0 Å². The van der Waals surface area contributed by atoms with Gasteiger partial charge < -0.3 is 4.74 Å². The van der Waals surface area contributed by atoms with E-state index in [1.807, 2.05) is 0 Å². The van der Waals surface area contributed by atoms with Crippen LogP contribution in [0, 0.1) is 27.7 Å². The van der Waals surface area contributed by atoms with Crippen LogP contribution in [0.5, 0.6) is 11.5 Å². The van der Waals surface area contributed by atoms with Crippen molar-refractivity contribution < 1.29 is 4.74 Å². The predicted molar refractivity (Wildman–Crippen MR) is 87.3 cm³/mol. The number of hydrogen-bond acceptors (Lipinski definition) is 1. The molecule has 0 radical (unpaired) electrons. The highest BCUT2D eigenvalue weighted by Gasteiger charge is 2.08. The first kappa shape index (κ1) is 14.6. The third-order valence-electron chi connectivity index (χ3n) is 3.13. The minimum atomic E-state index is 0.908. The van der Waals surface area contributed by atoms with Gasteiger partial charge in [0.2, 0.25) is 0 Å². The first-order valence-corrected chi connectivity index (χ1v) is 7.68. The molecule has 2 aromatic carbocycles. The van der Waals surface area contributed by atoms with Crippen molar-refractivity contribution in [3.05, 3.63) is 55.5 Å². The summed E-state index contributed by atoms with van der Waals surface area (Å²) in [4.78, 5) is 0. The maximum Gasteiger partial charge on any atom is 0.130 e. The first-order valence-electron chi connectivity index (χ1n) is 6.10. The van der Waals surface area contributed by atoms with Crippen LogP contribution >= 0.6 is 31.9 Å². The summed E-state index contributed by atoms with van der Waals surface area (Å²) in [6.45, 7) is 8.24. The zero-order chi connectivity index (χ0) is 14.2. The molecule has 0 aliphatic carbocycles. The van der Waals surface area contributed by atoms with Gasteiger partial charge in [0, 0.05) is 8.95 Å². The molecule has 0 bridgehead atoms. The molecule has 0 atom stereocenters. The molecule has 100 valence electrons. The summed E-state index contributed by atoms with van der Waals surface area (Å²) in [6.07, 6.45) is 0. The normalized spacial score (nSPS) is 10.6. The molecular weight excluding hydrogens is 368 g/mol. The van der Waals surface area contributed by atoms with Gasteiger partial charge in [0.1, 0.15) is 11.5 Å². The number of aryl methyl sites for hydroxylation is 4. The maximum atomic E-state index is 6.07. The van der Waals surface area contributed by atoms with E-state index >= 15 is 0 Å². The summed E-state index contributed by atoms with van der Waals surface area (Å²) < 4.78 is 8.29. The quantitative estimate of drug-likeness (QED) is 0.596. The Labute approximate surface area is 131 Å². The monoisotopic (exact) mass is 382 g/mol. The fourth-order valence-electron chi connectivity index (χ4n) is 1.85. The Bertz CT molecular complexity index is 578. The maximum absolute atomic E-state index is 6.07. The van der Waals surface area contributed by atoms with Gasteiger partial charge in [-0.3, -0.25) is 0 Å². The van der Waals surface area contributed by atoms with Crippen molar-refractivity contribution >= 4 is 31.9 Å². The van der Waals surface area contributed by atoms with Crippen molar-refractivity contribution in [1.29, 1.82) is 0 Å². The van der Waals surface area contributed by atoms with Gasteiger partial charge in [-0.1, -0.05) is 31.9 Å². The number of ether oxygens (including phenoxy) is 1. The summed E-state index contributed by atoms with van der Waals surface area (Å²) in [5, 5.41) is 0. The van der Waals surface area contributed by atoms with E-state index in [0.29, 0.717) is 0 Å². The van der Waals surface area contributed by atoms with Crippen molar-refractivity contribution in [3.8, 4) is 11.5 Å². The zero-order valence-electron chi connectivity index (χ0n) is 11.5. The van der Waals surface area contributed by atoms with Gasteiger partial charge >= 0.3 is 0 Å². The van der Waals surface area contributed by atoms with E-state index < -0.39 is 0 Å². The molecule has 0 saturated carbocycles. The summed E-state index contributed by atoms with van der Waals surface area (Å²) in [5.74, 6) is 1.82. The van der Waals surface area contributed by atoms with Crippen molar-refractivity contribution in [2.75, 3.05) is 0 Å². The van der Waals surface area contributed by atoms with Crippen LogP contribution in [0.25, 0.3) is 0 Å². The Kier molecular flexibility index (Phi) is 4.36. The second kappa shape index (κ2) is 5.68. The second-order valence-corrected chi connectivity index (χ2v) is 6.54. The molecule has 1 nitrogen and oxygen atoms in total. The first-order chi connectivity index (χ1) is 8.88. The smallest absolute Gasteiger partial charge is 0.130 e. The largest absolute Gasteiger partial charge is 0.457 e. The third kappa shape index (κ3) is 3.21. The van der Waals surface area contributed by atoms with E-state index in [1.165, 1.54) is 11.1 Å². The number of rotatable bonds is 2. The Hall–Kier alpha value is -0.800. The van der Waals surface area contributed by atoms with Crippen LogP contribution in [0.1, 0.15) is 22.3 Å². The Morgan fingerprint density at radius 3 is 1.37 bits per heavy atom. The van der Waals surface area contributed by atoms with Crippen LogP contribution < -0.4 is 4.74 Å². The van der Waals surface area contributed by atoms with E-state index in [-0.39, 0.29) is 0 Å². The molecule has 2 aromatic rings. The molecule has 2 rings (SSSR count). The standard InChI is InChI=1S/C16H16Br2O/c1-9-7-15(11(3)5-13(9)17)19-16-8-10(2)14(18)6-12(16)4/h5-8H,1-4H3. The SMILES string of the molecule is Cc1cc(Oc2cc(C)c(Br)cc2C)c(C)cc1Br. The van der Waals surface area contributed by atoms with Gasteiger partial charge in [0.25, 0.3) is 0 Å². The summed E-state index contributed by atoms with van der Waals surface area (Å²) in [6, 6.07) is 8.31. The lowest BCUT2D eigenvalue weighted by atomic mass is 10.1. The van der Waals surface area contributed by atoms with Gasteiger partial charge in [-0.05, 0) is 74.2 Å². The van der Waals surface area contributed by atoms with E-state index in [0.717, 1.165) is 31.6 Å². The Balaban J connectivity index is 2.42. The van der Waals surface area contributed by atoms with E-state index in [4.69, 9.17) is 4.74 Å². The van der Waals surface area contributed by atoms with Crippen LogP contribution in [0.2, 0.25) is 0 Å². The van der Waals surface area contributed by atoms with Crippen LogP contribution in [0.15, 0.2) is 33.2 Å². The Morgan fingerprint density at radius 1 is 0.632 bits per heavy atom. The molecule has 0 N–H and O–H groups in total. The molecular formula is C16H16Br2O. The van der Waals surface area contributed by atoms with Crippen molar-refractivity contribution in [3.63, 3.8) is 0 Å². The Morgan fingerprint density at radius 2 is 1.00 bits per heavy atom. The minimum Gasteiger partial charge on any atom is -0.457 e. The van der Waals surface area contributed by atoms with Crippen LogP contribution in [-0.2, 0) is 0 Å². The molecule has 0 aliphatic rings. The van der Waals surface area contributed by atoms with Crippen LogP contribution in [0.4, 0.5) is 0 Å². The van der Waals surface area contributed by atoms with Crippen molar-refractivity contribution in [2.45, 2.75) is 27.7 Å². The molecule has 19 heavy (non-hydrogen) atoms. The predicted octanol–water partition coefficient (Wildman–Crippen LogP) is 6.24. The third-order valence-corrected chi connectivity index (χ3v) is 4.84. The molecule has 0 unspecified atom stereocenters. The van der Waals surface area contributed by atoms with Gasteiger partial charge in [-0.2, -0.15) is 0 Å². The summed E-state index contributed by atoms with van der Waals surface area (Å²) in [5.41, 5.74) is 4.59. The molecule has 3 heteroatoms. The highest BCUT2D eigenvalue weighted by atomic mass is 79.9. The number of hydrogen-bond donors (Lipinski definition) is 0. The summed E-state index contributed by atoms with van der Waals surface area (Å²) >= 11 is 7.08. The molecule has 0 saturated heterocycles. The fourth-order valence-corrected chi connectivity index (χ4v) is 2.76. The molecule has 0 aliphatic heterocycles. The molecule has 0 aromatic heterocycles. The van der Waals surface area contributed by atoms with E-state index in [2.05, 4.69) is 83.8 Å². The highest BCUT2D eigenvalue weighted by Crippen LogP contribution is 2.33. The lowest BCUT2D eigenvalue weighted by Crippen LogP contribution is -1.93. The second-order valence-electron chi connectivity index (χ2n) is 4.84. The topological polar surface area (TPSA) is 9.23 Å². The number of halogens is 2. The number of benzene rings is 2. The molecule has 0 fully saturated rings. The van der Waals surface area contributed by atoms with Crippen molar-refractivity contribution in [2.24, 2.45) is 0 Å². The fraction of sp³-hybridized carbons (Fsp3) is 0.250.